The van der Waals surface area contributed by atoms with Gasteiger partial charge in [-0.25, -0.2) is 8.78 Å². The zero-order valence-corrected chi connectivity index (χ0v) is 9.56. The molecule has 0 saturated heterocycles. The molecule has 0 fully saturated rings. The summed E-state index contributed by atoms with van der Waals surface area (Å²) in [6.45, 7) is 3.24. The van der Waals surface area contributed by atoms with E-state index in [-0.39, 0.29) is 6.42 Å². The summed E-state index contributed by atoms with van der Waals surface area (Å²) in [6.07, 6.45) is 4.59. The van der Waals surface area contributed by atoms with Crippen molar-refractivity contribution in [3.8, 4) is 12.3 Å². The topological polar surface area (TPSA) is 0 Å². The van der Waals surface area contributed by atoms with E-state index in [9.17, 15) is 12.7 Å². The third-order valence-electron chi connectivity index (χ3n) is 1.32. The molecule has 1 atom stereocenters. The Morgan fingerprint density at radius 1 is 1.57 bits per heavy atom. The minimum Gasteiger partial charge on any atom is -0.209 e. The second-order valence-corrected chi connectivity index (χ2v) is 5.24. The minimum atomic E-state index is -1.49. The van der Waals surface area contributed by atoms with Crippen LogP contribution in [-0.4, -0.2) is 10.00 Å². The molecule has 0 N–H and O–H groups in total. The van der Waals surface area contributed by atoms with Crippen molar-refractivity contribution in [2.24, 2.45) is 0 Å². The summed E-state index contributed by atoms with van der Waals surface area (Å²) < 4.78 is 37.5. The monoisotopic (exact) mass is 240 g/mol. The molecule has 0 rings (SSSR count). The average Bonchev–Trinajstić information content (AvgIpc) is 2.03. The Kier molecular flexibility index (Phi) is 5.53. The molecule has 1 unspecified atom stereocenters. The molecule has 0 aliphatic rings. The summed E-state index contributed by atoms with van der Waals surface area (Å²) >= 11 is 3.62. The largest absolute Gasteiger partial charge is 0.209 e. The Labute approximate surface area is 92.0 Å². The van der Waals surface area contributed by atoms with E-state index >= 15 is 0 Å². The summed E-state index contributed by atoms with van der Waals surface area (Å²) in [4.78, 5) is 0. The standard InChI is InChI=1S/C9H11F3S2/c1-4-7(14-12)8(11)6(10)5-9(2,3)13/h1,7,13H,5H2,2-3H3/b8-6-. The Morgan fingerprint density at radius 2 is 2.07 bits per heavy atom. The summed E-state index contributed by atoms with van der Waals surface area (Å²) in [7, 11) is 0. The molecule has 0 aromatic heterocycles. The van der Waals surface area contributed by atoms with Crippen molar-refractivity contribution in [3.05, 3.63) is 11.7 Å². The zero-order chi connectivity index (χ0) is 11.4. The van der Waals surface area contributed by atoms with Crippen LogP contribution in [0.25, 0.3) is 0 Å². The van der Waals surface area contributed by atoms with Crippen LogP contribution >= 0.6 is 24.8 Å². The van der Waals surface area contributed by atoms with E-state index in [0.717, 1.165) is 0 Å². The summed E-state index contributed by atoms with van der Waals surface area (Å²) in [5.41, 5.74) is 0. The van der Waals surface area contributed by atoms with Crippen LogP contribution in [0.5, 0.6) is 0 Å². The molecule has 0 aliphatic carbocycles. The summed E-state index contributed by atoms with van der Waals surface area (Å²) in [5, 5.41) is -1.49. The first-order valence-corrected chi connectivity index (χ1v) is 5.04. The van der Waals surface area contributed by atoms with Crippen molar-refractivity contribution < 1.29 is 12.7 Å². The number of thiol groups is 1. The van der Waals surface area contributed by atoms with Crippen molar-refractivity contribution in [3.63, 3.8) is 0 Å². The van der Waals surface area contributed by atoms with Crippen LogP contribution in [-0.2, 0) is 0 Å². The maximum atomic E-state index is 13.1. The van der Waals surface area contributed by atoms with Crippen LogP contribution in [0, 0.1) is 12.3 Å². The molecule has 0 saturated carbocycles. The van der Waals surface area contributed by atoms with Gasteiger partial charge in [-0.1, -0.05) is 19.8 Å². The predicted octanol–water partition coefficient (Wildman–Crippen LogP) is 3.86. The van der Waals surface area contributed by atoms with Crippen LogP contribution in [0.2, 0.25) is 0 Å². The average molecular weight is 240 g/mol. The van der Waals surface area contributed by atoms with Crippen LogP contribution in [0.3, 0.4) is 0 Å². The second-order valence-electron chi connectivity index (χ2n) is 3.38. The highest BCUT2D eigenvalue weighted by Crippen LogP contribution is 2.30. The van der Waals surface area contributed by atoms with E-state index in [1.54, 1.807) is 13.8 Å². The van der Waals surface area contributed by atoms with Gasteiger partial charge in [-0.05, 0) is 0 Å². The highest BCUT2D eigenvalue weighted by atomic mass is 32.2. The van der Waals surface area contributed by atoms with Crippen molar-refractivity contribution in [2.75, 3.05) is 0 Å². The molecule has 0 aromatic carbocycles. The number of rotatable bonds is 4. The molecular weight excluding hydrogens is 229 g/mol. The summed E-state index contributed by atoms with van der Waals surface area (Å²) in [5.74, 6) is -0.469. The first-order chi connectivity index (χ1) is 6.31. The normalized spacial score (nSPS) is 15.8. The summed E-state index contributed by atoms with van der Waals surface area (Å²) in [6, 6.07) is 0. The molecule has 0 radical (unpaired) electrons. The van der Waals surface area contributed by atoms with Crippen LogP contribution < -0.4 is 0 Å². The molecule has 0 bridgehead atoms. The fraction of sp³-hybridized carbons (Fsp3) is 0.556. The van der Waals surface area contributed by atoms with Gasteiger partial charge in [-0.2, -0.15) is 16.5 Å². The Hall–Kier alpha value is -0.210. The van der Waals surface area contributed by atoms with Gasteiger partial charge in [0.1, 0.15) is 5.83 Å². The predicted molar refractivity (Wildman–Crippen MR) is 58.2 cm³/mol. The van der Waals surface area contributed by atoms with Crippen molar-refractivity contribution in [1.29, 1.82) is 0 Å². The van der Waals surface area contributed by atoms with Gasteiger partial charge in [-0.15, -0.1) is 6.42 Å². The highest BCUT2D eigenvalue weighted by Gasteiger charge is 2.22. The third kappa shape index (κ3) is 4.87. The van der Waals surface area contributed by atoms with Gasteiger partial charge < -0.3 is 0 Å². The number of terminal acetylenes is 1. The first kappa shape index (κ1) is 13.8. The lowest BCUT2D eigenvalue weighted by Crippen LogP contribution is -2.12. The van der Waals surface area contributed by atoms with Gasteiger partial charge in [0.15, 0.2) is 11.1 Å². The number of hydrogen-bond acceptors (Lipinski definition) is 2. The lowest BCUT2D eigenvalue weighted by molar-refractivity contribution is 0.479. The number of allylic oxidation sites excluding steroid dienone is 1. The molecular formula is C9H11F3S2. The third-order valence-corrected chi connectivity index (χ3v) is 2.00. The number of halogens is 3. The molecule has 80 valence electrons. The zero-order valence-electron chi connectivity index (χ0n) is 7.85. The molecule has 0 amide bonds. The van der Waals surface area contributed by atoms with Gasteiger partial charge in [0.2, 0.25) is 0 Å². The lowest BCUT2D eigenvalue weighted by Gasteiger charge is -2.16. The molecule has 0 aliphatic heterocycles. The van der Waals surface area contributed by atoms with Crippen molar-refractivity contribution in [1.82, 2.24) is 0 Å². The minimum absolute atomic E-state index is 0.222. The van der Waals surface area contributed by atoms with E-state index in [2.05, 4.69) is 12.6 Å². The Morgan fingerprint density at radius 3 is 2.36 bits per heavy atom. The molecule has 0 spiro atoms. The SMILES string of the molecule is C#CC(SF)/C(F)=C(/F)CC(C)(C)S. The van der Waals surface area contributed by atoms with E-state index in [0.29, 0.717) is 0 Å². The first-order valence-electron chi connectivity index (χ1n) is 3.81. The van der Waals surface area contributed by atoms with Crippen LogP contribution in [0.15, 0.2) is 11.7 Å². The maximum absolute atomic E-state index is 13.1. The smallest absolute Gasteiger partial charge is 0.159 e. The molecule has 0 heterocycles. The van der Waals surface area contributed by atoms with Gasteiger partial charge in [0.25, 0.3) is 0 Å². The second kappa shape index (κ2) is 5.62. The highest BCUT2D eigenvalue weighted by molar-refractivity contribution is 7.95. The van der Waals surface area contributed by atoms with Crippen molar-refractivity contribution >= 4 is 24.8 Å². The quantitative estimate of drug-likeness (QED) is 0.575. The molecule has 5 heteroatoms. The van der Waals surface area contributed by atoms with Crippen LogP contribution in [0.4, 0.5) is 12.7 Å². The maximum Gasteiger partial charge on any atom is 0.159 e. The van der Waals surface area contributed by atoms with E-state index in [4.69, 9.17) is 6.42 Å². The van der Waals surface area contributed by atoms with Gasteiger partial charge in [0.05, 0.1) is 12.1 Å². The van der Waals surface area contributed by atoms with E-state index < -0.39 is 33.8 Å². The lowest BCUT2D eigenvalue weighted by atomic mass is 10.1. The van der Waals surface area contributed by atoms with E-state index in [1.165, 1.54) is 0 Å². The fourth-order valence-electron chi connectivity index (χ4n) is 0.744. The van der Waals surface area contributed by atoms with Crippen LogP contribution in [0.1, 0.15) is 20.3 Å². The molecule has 0 nitrogen and oxygen atoms in total. The van der Waals surface area contributed by atoms with Gasteiger partial charge >= 0.3 is 0 Å². The van der Waals surface area contributed by atoms with E-state index in [1.807, 2.05) is 5.92 Å². The van der Waals surface area contributed by atoms with Crippen molar-refractivity contribution in [2.45, 2.75) is 30.3 Å². The van der Waals surface area contributed by atoms with Gasteiger partial charge in [-0.3, -0.25) is 0 Å². The van der Waals surface area contributed by atoms with Gasteiger partial charge in [0, 0.05) is 11.2 Å². The molecule has 0 aromatic rings. The fourth-order valence-corrected chi connectivity index (χ4v) is 1.14. The Bertz CT molecular complexity index is 260. The molecule has 14 heavy (non-hydrogen) atoms. The Balaban J connectivity index is 4.68. The number of hydrogen-bond donors (Lipinski definition) is 1.